The average molecular weight is 536 g/mol. The fourth-order valence-corrected chi connectivity index (χ4v) is 5.57. The van der Waals surface area contributed by atoms with Crippen LogP contribution in [0, 0.1) is 6.92 Å². The lowest BCUT2D eigenvalue weighted by Gasteiger charge is -2.34. The summed E-state index contributed by atoms with van der Waals surface area (Å²) in [4.78, 5) is 50.9. The molecule has 2 aromatic rings. The van der Waals surface area contributed by atoms with Gasteiger partial charge in [-0.1, -0.05) is 30.3 Å². The maximum Gasteiger partial charge on any atom is 0.330 e. The second-order valence-corrected chi connectivity index (χ2v) is 9.99. The third kappa shape index (κ3) is 5.27. The van der Waals surface area contributed by atoms with Gasteiger partial charge in [0.05, 0.1) is 24.3 Å². The first-order valence-electron chi connectivity index (χ1n) is 11.1. The van der Waals surface area contributed by atoms with E-state index in [1.165, 1.54) is 13.1 Å². The highest BCUT2D eigenvalue weighted by Crippen LogP contribution is 2.49. The number of aromatic nitrogens is 2. The maximum atomic E-state index is 12.7. The van der Waals surface area contributed by atoms with Gasteiger partial charge in [-0.2, -0.15) is 8.42 Å². The van der Waals surface area contributed by atoms with E-state index in [1.807, 2.05) is 30.3 Å². The van der Waals surface area contributed by atoms with E-state index in [9.17, 15) is 27.6 Å². The minimum absolute atomic E-state index is 0.114. The lowest BCUT2D eigenvalue weighted by molar-refractivity contribution is -0.158. The normalized spacial score (nSPS) is 26.1. The number of benzene rings is 1. The summed E-state index contributed by atoms with van der Waals surface area (Å²) >= 11 is 0. The number of esters is 1. The van der Waals surface area contributed by atoms with Crippen molar-refractivity contribution >= 4 is 22.0 Å². The highest BCUT2D eigenvalue weighted by Gasteiger charge is 2.67. The Morgan fingerprint density at radius 3 is 2.54 bits per heavy atom. The van der Waals surface area contributed by atoms with Crippen molar-refractivity contribution in [2.75, 3.05) is 6.61 Å². The van der Waals surface area contributed by atoms with Crippen molar-refractivity contribution in [1.29, 1.82) is 0 Å². The van der Waals surface area contributed by atoms with E-state index in [4.69, 9.17) is 18.4 Å². The number of hydrogen-bond acceptors (Lipinski definition) is 10. The largest absolute Gasteiger partial charge is 0.454 e. The van der Waals surface area contributed by atoms with E-state index >= 15 is 0 Å². The summed E-state index contributed by atoms with van der Waals surface area (Å²) in [5, 5.41) is 3.12. The van der Waals surface area contributed by atoms with Crippen molar-refractivity contribution in [2.24, 2.45) is 0 Å². The molecule has 1 aromatic heterocycles. The number of nitrogens with one attached hydrogen (secondary N) is 2. The first-order valence-corrected chi connectivity index (χ1v) is 12.6. The molecule has 37 heavy (non-hydrogen) atoms. The molecule has 0 aliphatic carbocycles. The average Bonchev–Trinajstić information content (AvgIpc) is 3.24. The molecule has 2 N–H and O–H groups in total. The number of H-pyrrole nitrogens is 1. The van der Waals surface area contributed by atoms with E-state index in [0.717, 1.165) is 24.0 Å². The van der Waals surface area contributed by atoms with Crippen LogP contribution in [0.2, 0.25) is 0 Å². The van der Waals surface area contributed by atoms with Crippen molar-refractivity contribution < 1.29 is 36.4 Å². The summed E-state index contributed by atoms with van der Waals surface area (Å²) in [7, 11) is -4.39. The molecule has 1 amide bonds. The molecule has 0 saturated carbocycles. The number of amides is 1. The summed E-state index contributed by atoms with van der Waals surface area (Å²) < 4.78 is 49.1. The smallest absolute Gasteiger partial charge is 0.330 e. The topological polar surface area (TPSA) is 172 Å². The molecule has 1 saturated heterocycles. The second-order valence-electron chi connectivity index (χ2n) is 8.61. The first-order chi connectivity index (χ1) is 17.4. The van der Waals surface area contributed by atoms with Gasteiger partial charge in [0.25, 0.3) is 15.7 Å². The van der Waals surface area contributed by atoms with Crippen LogP contribution in [0.4, 0.5) is 0 Å². The van der Waals surface area contributed by atoms with Crippen molar-refractivity contribution in [3.8, 4) is 0 Å². The summed E-state index contributed by atoms with van der Waals surface area (Å²) in [6.07, 6.45) is -3.15. The predicted octanol–water partition coefficient (Wildman–Crippen LogP) is -0.0328. The zero-order valence-electron chi connectivity index (χ0n) is 20.1. The number of carbonyl (C=O) groups is 2. The van der Waals surface area contributed by atoms with Gasteiger partial charge in [-0.3, -0.25) is 23.9 Å². The molecule has 1 spiro atoms. The fourth-order valence-electron chi connectivity index (χ4n) is 4.31. The van der Waals surface area contributed by atoms with Crippen LogP contribution in [0.15, 0.2) is 57.2 Å². The number of aryl methyl sites for hydroxylation is 1. The number of nitrogens with zero attached hydrogens (tertiary/aromatic N) is 1. The molecule has 1 aromatic carbocycles. The maximum absolute atomic E-state index is 12.7. The zero-order valence-corrected chi connectivity index (χ0v) is 20.9. The van der Waals surface area contributed by atoms with Gasteiger partial charge in [0.1, 0.15) is 6.10 Å². The van der Waals surface area contributed by atoms with Gasteiger partial charge in [0, 0.05) is 25.6 Å². The van der Waals surface area contributed by atoms with Crippen molar-refractivity contribution in [3.05, 3.63) is 79.6 Å². The second kappa shape index (κ2) is 10.0. The fraction of sp³-hybridized carbons (Fsp3) is 0.391. The molecule has 4 atom stereocenters. The number of ether oxygens (including phenoxy) is 3. The Bertz CT molecular complexity index is 1460. The third-order valence-corrected chi connectivity index (χ3v) is 6.84. The summed E-state index contributed by atoms with van der Waals surface area (Å²) in [5.74, 6) is -1.47. The Balaban J connectivity index is 1.82. The minimum Gasteiger partial charge on any atom is -0.454 e. The van der Waals surface area contributed by atoms with Gasteiger partial charge < -0.3 is 19.5 Å². The van der Waals surface area contributed by atoms with Crippen LogP contribution in [-0.4, -0.2) is 54.3 Å². The number of carbonyl (C=O) groups excluding carboxylic acids is 2. The van der Waals surface area contributed by atoms with E-state index in [1.54, 1.807) is 0 Å². The van der Waals surface area contributed by atoms with Gasteiger partial charge in [0.2, 0.25) is 5.91 Å². The van der Waals surface area contributed by atoms with Gasteiger partial charge in [-0.15, -0.1) is 0 Å². The van der Waals surface area contributed by atoms with E-state index in [0.29, 0.717) is 5.41 Å². The van der Waals surface area contributed by atoms with Gasteiger partial charge in [-0.25, -0.2) is 8.98 Å². The first kappa shape index (κ1) is 26.5. The van der Waals surface area contributed by atoms with Crippen LogP contribution in [0.1, 0.15) is 31.2 Å². The zero-order chi connectivity index (χ0) is 27.0. The molecule has 2 aliphatic rings. The summed E-state index contributed by atoms with van der Waals surface area (Å²) in [6.45, 7) is 3.51. The van der Waals surface area contributed by atoms with Crippen molar-refractivity contribution in [3.63, 3.8) is 0 Å². The number of rotatable bonds is 7. The Hall–Kier alpha value is -3.59. The Morgan fingerprint density at radius 1 is 1.19 bits per heavy atom. The molecule has 4 rings (SSSR count). The van der Waals surface area contributed by atoms with Crippen LogP contribution < -0.4 is 16.6 Å². The summed E-state index contributed by atoms with van der Waals surface area (Å²) in [5.41, 5.74) is -2.95. The van der Waals surface area contributed by atoms with E-state index < -0.39 is 57.3 Å². The van der Waals surface area contributed by atoms with E-state index in [2.05, 4.69) is 10.3 Å². The highest BCUT2D eigenvalue weighted by atomic mass is 32.2. The van der Waals surface area contributed by atoms with Crippen molar-refractivity contribution in [2.45, 2.75) is 51.4 Å². The molecule has 2 aliphatic heterocycles. The molecule has 1 fully saturated rings. The monoisotopic (exact) mass is 535 g/mol. The van der Waals surface area contributed by atoms with Crippen LogP contribution >= 0.6 is 0 Å². The molecule has 0 radical (unpaired) electrons. The quantitative estimate of drug-likeness (QED) is 0.362. The van der Waals surface area contributed by atoms with Gasteiger partial charge in [0.15, 0.2) is 17.9 Å². The standard InChI is InChI=1S/C23H25N3O10S/c1-13-9-26(22(30)25-20(13)29)21-19(34-15(3)28)23(17(24-14(2)27)12-37(31,32)36-23)18(35-21)11-33-10-16-7-5-4-6-8-16/h4-9,12,18-19,21H,10-11H2,1-3H3,(H,24,27)(H,25,29,30)/t18-,19+,21-,23?/m1/s1. The Kier molecular flexibility index (Phi) is 7.19. The van der Waals surface area contributed by atoms with E-state index in [-0.39, 0.29) is 24.5 Å². The van der Waals surface area contributed by atoms with Crippen LogP contribution in [0.25, 0.3) is 0 Å². The van der Waals surface area contributed by atoms with Crippen LogP contribution in [-0.2, 0) is 44.7 Å². The molecule has 14 heteroatoms. The van der Waals surface area contributed by atoms with Gasteiger partial charge >= 0.3 is 11.7 Å². The Labute approximate surface area is 211 Å². The lowest BCUT2D eigenvalue weighted by atomic mass is 9.88. The van der Waals surface area contributed by atoms with Crippen molar-refractivity contribution in [1.82, 2.24) is 14.9 Å². The predicted molar refractivity (Wildman–Crippen MR) is 126 cm³/mol. The number of hydrogen-bond donors (Lipinski definition) is 2. The summed E-state index contributed by atoms with van der Waals surface area (Å²) in [6, 6.07) is 9.09. The Morgan fingerprint density at radius 2 is 1.89 bits per heavy atom. The third-order valence-electron chi connectivity index (χ3n) is 5.81. The number of aromatic amines is 1. The molecule has 3 heterocycles. The van der Waals surface area contributed by atoms with Crippen LogP contribution in [0.5, 0.6) is 0 Å². The molecular formula is C23H25N3O10S. The van der Waals surface area contributed by atoms with Crippen LogP contribution in [0.3, 0.4) is 0 Å². The van der Waals surface area contributed by atoms with Gasteiger partial charge in [-0.05, 0) is 12.5 Å². The lowest BCUT2D eigenvalue weighted by Crippen LogP contribution is -2.56. The SMILES string of the molecule is CC(=O)NC1=CS(=O)(=O)OC12[C@@H](COCc1ccccc1)O[C@@H](n1cc(C)c(=O)[nH]c1=O)[C@@H]2OC(C)=O. The molecule has 13 nitrogen and oxygen atoms in total. The molecule has 1 unspecified atom stereocenters. The highest BCUT2D eigenvalue weighted by molar-refractivity contribution is 7.90. The molecule has 0 bridgehead atoms. The minimum atomic E-state index is -4.39. The molecule has 198 valence electrons. The molecular weight excluding hydrogens is 510 g/mol.